The summed E-state index contributed by atoms with van der Waals surface area (Å²) in [5.74, 6) is -1.02. The Balaban J connectivity index is 1.65. The number of carbonyl (C=O) groups is 2. The van der Waals surface area contributed by atoms with E-state index in [1.54, 1.807) is 0 Å². The molecule has 1 aliphatic carbocycles. The molecule has 3 rings (SSSR count). The van der Waals surface area contributed by atoms with Crippen molar-refractivity contribution < 1.29 is 22.8 Å². The molecule has 0 unspecified atom stereocenters. The zero-order chi connectivity index (χ0) is 21.7. The number of amides is 2. The number of aromatic nitrogens is 2. The number of nitrogens with zero attached hydrogens (tertiary/aromatic N) is 2. The minimum atomic E-state index is -4.80. The monoisotopic (exact) mass is 442 g/mol. The van der Waals surface area contributed by atoms with E-state index in [0.29, 0.717) is 4.68 Å². The lowest BCUT2D eigenvalue weighted by Gasteiger charge is -2.20. The molecular weight excluding hydrogens is 421 g/mol. The number of hydrogen-bond donors (Lipinski definition) is 2. The van der Waals surface area contributed by atoms with Crippen LogP contribution in [0.25, 0.3) is 5.69 Å². The van der Waals surface area contributed by atoms with Gasteiger partial charge in [-0.3, -0.25) is 9.59 Å². The first-order valence-electron chi connectivity index (χ1n) is 9.74. The van der Waals surface area contributed by atoms with Gasteiger partial charge in [-0.05, 0) is 31.0 Å². The van der Waals surface area contributed by atoms with E-state index >= 15 is 0 Å². The Bertz CT molecular complexity index is 908. The molecule has 10 heteroatoms. The predicted octanol–water partition coefficient (Wildman–Crippen LogP) is 3.97. The second-order valence-electron chi connectivity index (χ2n) is 7.18. The summed E-state index contributed by atoms with van der Waals surface area (Å²) in [6.45, 7) is 0.155. The van der Waals surface area contributed by atoms with E-state index in [4.69, 9.17) is 11.6 Å². The van der Waals surface area contributed by atoms with Gasteiger partial charge in [0.1, 0.15) is 0 Å². The summed E-state index contributed by atoms with van der Waals surface area (Å²) in [4.78, 5) is 24.5. The van der Waals surface area contributed by atoms with E-state index in [1.807, 2.05) is 0 Å². The second kappa shape index (κ2) is 9.51. The number of hydrogen-bond acceptors (Lipinski definition) is 3. The van der Waals surface area contributed by atoms with Crippen LogP contribution in [0.15, 0.2) is 30.5 Å². The van der Waals surface area contributed by atoms with Crippen LogP contribution >= 0.6 is 11.6 Å². The van der Waals surface area contributed by atoms with Crippen molar-refractivity contribution in [2.24, 2.45) is 5.92 Å². The van der Waals surface area contributed by atoms with E-state index < -0.39 is 23.3 Å². The normalized spacial score (nSPS) is 15.1. The predicted molar refractivity (Wildman–Crippen MR) is 105 cm³/mol. The lowest BCUT2D eigenvalue weighted by Crippen LogP contribution is -2.38. The highest BCUT2D eigenvalue weighted by molar-refractivity contribution is 6.30. The summed E-state index contributed by atoms with van der Waals surface area (Å²) in [5.41, 5.74) is -1.69. The lowest BCUT2D eigenvalue weighted by atomic mass is 9.89. The molecule has 6 nitrogen and oxygen atoms in total. The number of alkyl halides is 3. The largest absolute Gasteiger partial charge is 0.434 e. The Hall–Kier alpha value is -2.55. The quantitative estimate of drug-likeness (QED) is 0.665. The molecule has 0 saturated heterocycles. The third-order valence-electron chi connectivity index (χ3n) is 5.02. The molecule has 1 aromatic heterocycles. The Kier molecular flexibility index (Phi) is 7.02. The van der Waals surface area contributed by atoms with E-state index in [2.05, 4.69) is 15.7 Å². The number of carbonyl (C=O) groups excluding carboxylic acids is 2. The van der Waals surface area contributed by atoms with Crippen LogP contribution in [0.5, 0.6) is 0 Å². The van der Waals surface area contributed by atoms with Crippen molar-refractivity contribution in [2.75, 3.05) is 13.1 Å². The fourth-order valence-electron chi connectivity index (χ4n) is 3.56. The zero-order valence-corrected chi connectivity index (χ0v) is 16.9. The molecule has 0 bridgehead atoms. The fraction of sp³-hybridized carbons (Fsp3) is 0.450. The molecule has 1 aromatic carbocycles. The molecule has 1 saturated carbocycles. The average molecular weight is 443 g/mol. The highest BCUT2D eigenvalue weighted by Gasteiger charge is 2.40. The van der Waals surface area contributed by atoms with Gasteiger partial charge in [-0.25, -0.2) is 4.68 Å². The van der Waals surface area contributed by atoms with Crippen molar-refractivity contribution >= 4 is 23.4 Å². The molecule has 2 amide bonds. The topological polar surface area (TPSA) is 76.0 Å². The smallest absolute Gasteiger partial charge is 0.354 e. The lowest BCUT2D eigenvalue weighted by molar-refractivity contribution is -0.143. The van der Waals surface area contributed by atoms with Crippen LogP contribution in [0.2, 0.25) is 5.02 Å². The van der Waals surface area contributed by atoms with Crippen molar-refractivity contribution in [1.29, 1.82) is 0 Å². The molecule has 30 heavy (non-hydrogen) atoms. The van der Waals surface area contributed by atoms with Crippen molar-refractivity contribution in [1.82, 2.24) is 20.4 Å². The van der Waals surface area contributed by atoms with Crippen LogP contribution in [-0.2, 0) is 11.0 Å². The first-order chi connectivity index (χ1) is 14.3. The second-order valence-corrected chi connectivity index (χ2v) is 7.61. The molecule has 0 spiro atoms. The van der Waals surface area contributed by atoms with Gasteiger partial charge in [0.15, 0.2) is 5.69 Å². The molecule has 0 radical (unpaired) electrons. The van der Waals surface area contributed by atoms with E-state index in [1.165, 1.54) is 24.3 Å². The number of benzene rings is 1. The maximum absolute atomic E-state index is 13.7. The van der Waals surface area contributed by atoms with Crippen LogP contribution < -0.4 is 10.6 Å². The van der Waals surface area contributed by atoms with E-state index in [-0.39, 0.29) is 35.6 Å². The Labute approximate surface area is 176 Å². The van der Waals surface area contributed by atoms with Crippen LogP contribution in [0.4, 0.5) is 13.2 Å². The molecule has 2 N–H and O–H groups in total. The molecular formula is C20H22ClF3N4O2. The minimum Gasteiger partial charge on any atom is -0.354 e. The minimum absolute atomic E-state index is 0.0108. The van der Waals surface area contributed by atoms with Gasteiger partial charge in [-0.1, -0.05) is 36.9 Å². The average Bonchev–Trinajstić information content (AvgIpc) is 3.17. The maximum Gasteiger partial charge on any atom is 0.434 e. The number of halogens is 4. The summed E-state index contributed by atoms with van der Waals surface area (Å²) in [6.07, 6.45) is 0.924. The van der Waals surface area contributed by atoms with Gasteiger partial charge < -0.3 is 10.6 Å². The standard InChI is InChI=1S/C20H22ClF3N4O2/c21-14-7-4-8-15(11-14)28-17(20(22,23)24)16(12-27-28)19(30)26-10-9-25-18(29)13-5-2-1-3-6-13/h4,7-8,11-13H,1-3,5-6,9-10H2,(H,25,29)(H,26,30). The molecule has 1 aliphatic rings. The summed E-state index contributed by atoms with van der Waals surface area (Å²) >= 11 is 5.86. The fourth-order valence-corrected chi connectivity index (χ4v) is 3.74. The van der Waals surface area contributed by atoms with Crippen molar-refractivity contribution in [2.45, 2.75) is 38.3 Å². The van der Waals surface area contributed by atoms with Crippen molar-refractivity contribution in [3.05, 3.63) is 46.7 Å². The van der Waals surface area contributed by atoms with Gasteiger partial charge in [0, 0.05) is 24.0 Å². The van der Waals surface area contributed by atoms with E-state index in [9.17, 15) is 22.8 Å². The van der Waals surface area contributed by atoms with Gasteiger partial charge >= 0.3 is 6.18 Å². The summed E-state index contributed by atoms with van der Waals surface area (Å²) in [6, 6.07) is 5.76. The molecule has 1 fully saturated rings. The SMILES string of the molecule is O=C(NCCNC(=O)C1CCCCC1)c1cnn(-c2cccc(Cl)c2)c1C(F)(F)F. The first-order valence-corrected chi connectivity index (χ1v) is 10.1. The highest BCUT2D eigenvalue weighted by Crippen LogP contribution is 2.34. The van der Waals surface area contributed by atoms with Crippen LogP contribution in [0.3, 0.4) is 0 Å². The number of rotatable bonds is 6. The third-order valence-corrected chi connectivity index (χ3v) is 5.26. The van der Waals surface area contributed by atoms with Crippen molar-refractivity contribution in [3.63, 3.8) is 0 Å². The Morgan fingerprint density at radius 1 is 1.13 bits per heavy atom. The van der Waals surface area contributed by atoms with Gasteiger partial charge in [0.05, 0.1) is 17.4 Å². The van der Waals surface area contributed by atoms with Gasteiger partial charge in [0.2, 0.25) is 5.91 Å². The van der Waals surface area contributed by atoms with Crippen molar-refractivity contribution in [3.8, 4) is 5.69 Å². The van der Waals surface area contributed by atoms with Gasteiger partial charge in [-0.2, -0.15) is 18.3 Å². The Morgan fingerprint density at radius 2 is 1.83 bits per heavy atom. The Morgan fingerprint density at radius 3 is 2.50 bits per heavy atom. The molecule has 2 aromatic rings. The summed E-state index contributed by atoms with van der Waals surface area (Å²) in [7, 11) is 0. The van der Waals surface area contributed by atoms with Gasteiger partial charge in [0.25, 0.3) is 5.91 Å². The van der Waals surface area contributed by atoms with E-state index in [0.717, 1.165) is 38.3 Å². The van der Waals surface area contributed by atoms with Gasteiger partial charge in [-0.15, -0.1) is 0 Å². The molecule has 0 aliphatic heterocycles. The molecule has 1 heterocycles. The van der Waals surface area contributed by atoms with Crippen LogP contribution in [-0.4, -0.2) is 34.7 Å². The molecule has 0 atom stereocenters. The van der Waals surface area contributed by atoms with Crippen LogP contribution in [0, 0.1) is 5.92 Å². The third kappa shape index (κ3) is 5.33. The summed E-state index contributed by atoms with van der Waals surface area (Å²) in [5, 5.41) is 9.13. The first kappa shape index (κ1) is 22.1. The van der Waals surface area contributed by atoms with Crippen LogP contribution in [0.1, 0.15) is 48.2 Å². The highest BCUT2D eigenvalue weighted by atomic mass is 35.5. The molecule has 162 valence electrons. The maximum atomic E-state index is 13.7. The number of nitrogens with one attached hydrogen (secondary N) is 2. The summed E-state index contributed by atoms with van der Waals surface area (Å²) < 4.78 is 41.6. The zero-order valence-electron chi connectivity index (χ0n) is 16.1.